The Balaban J connectivity index is 2.14. The van der Waals surface area contributed by atoms with Gasteiger partial charge in [0.2, 0.25) is 0 Å². The van der Waals surface area contributed by atoms with Gasteiger partial charge >= 0.3 is 0 Å². The molecule has 0 aromatic heterocycles. The second kappa shape index (κ2) is 8.62. The van der Waals surface area contributed by atoms with Crippen LogP contribution in [0.2, 0.25) is 0 Å². The number of rotatable bonds is 5. The predicted octanol–water partition coefficient (Wildman–Crippen LogP) is 2.87. The van der Waals surface area contributed by atoms with E-state index in [9.17, 15) is 20.0 Å². The first kappa shape index (κ1) is 18.2. The molecule has 0 aliphatic rings. The quantitative estimate of drug-likeness (QED) is 0.478. The van der Waals surface area contributed by atoms with Crippen LogP contribution in [0.5, 0.6) is 0 Å². The Morgan fingerprint density at radius 1 is 1.08 bits per heavy atom. The van der Waals surface area contributed by atoms with Crippen molar-refractivity contribution in [2.24, 2.45) is 0 Å². The number of carboxylic acids is 1. The summed E-state index contributed by atoms with van der Waals surface area (Å²) < 4.78 is 0.567. The third-order valence-corrected chi connectivity index (χ3v) is 3.59. The Bertz CT molecular complexity index is 879. The van der Waals surface area contributed by atoms with Gasteiger partial charge < -0.3 is 15.2 Å². The van der Waals surface area contributed by atoms with Crippen LogP contribution in [0.3, 0.4) is 0 Å². The standard InChI is InChI=1S/C19H13BrN2O3/c20-16(10-13-4-2-1-3-5-13)11-15(12-21)18(23)22-17-8-6-14(7-9-17)19(24)25/h1-11H,(H,22,23)(H,24,25)/p-1/b15-11+,16-10-. The maximum Gasteiger partial charge on any atom is 0.266 e. The molecule has 0 bridgehead atoms. The monoisotopic (exact) mass is 395 g/mol. The lowest BCUT2D eigenvalue weighted by Gasteiger charge is -2.06. The first-order chi connectivity index (χ1) is 12.0. The van der Waals surface area contributed by atoms with E-state index >= 15 is 0 Å². The molecule has 124 valence electrons. The maximum atomic E-state index is 12.2. The molecule has 0 aliphatic heterocycles. The van der Waals surface area contributed by atoms with Crippen LogP contribution >= 0.6 is 15.9 Å². The van der Waals surface area contributed by atoms with Gasteiger partial charge in [0.15, 0.2) is 0 Å². The van der Waals surface area contributed by atoms with Crippen LogP contribution in [0.25, 0.3) is 6.08 Å². The van der Waals surface area contributed by atoms with E-state index in [1.807, 2.05) is 36.4 Å². The van der Waals surface area contributed by atoms with Crippen molar-refractivity contribution in [3.63, 3.8) is 0 Å². The van der Waals surface area contributed by atoms with Gasteiger partial charge in [-0.1, -0.05) is 58.4 Å². The fourth-order valence-electron chi connectivity index (χ4n) is 1.92. The van der Waals surface area contributed by atoms with Gasteiger partial charge in [0.1, 0.15) is 11.6 Å². The molecule has 5 nitrogen and oxygen atoms in total. The molecule has 0 radical (unpaired) electrons. The van der Waals surface area contributed by atoms with Crippen LogP contribution in [-0.2, 0) is 4.79 Å². The topological polar surface area (TPSA) is 93.0 Å². The number of benzene rings is 2. The zero-order valence-corrected chi connectivity index (χ0v) is 14.5. The highest BCUT2D eigenvalue weighted by Gasteiger charge is 2.10. The highest BCUT2D eigenvalue weighted by atomic mass is 79.9. The van der Waals surface area contributed by atoms with Gasteiger partial charge in [-0.15, -0.1) is 0 Å². The highest BCUT2D eigenvalue weighted by molar-refractivity contribution is 9.12. The molecule has 6 heteroatoms. The van der Waals surface area contributed by atoms with Crippen LogP contribution in [-0.4, -0.2) is 11.9 Å². The second-order valence-electron chi connectivity index (χ2n) is 4.93. The number of anilines is 1. The summed E-state index contributed by atoms with van der Waals surface area (Å²) in [4.78, 5) is 22.9. The summed E-state index contributed by atoms with van der Waals surface area (Å²) >= 11 is 3.32. The molecule has 2 aromatic carbocycles. The lowest BCUT2D eigenvalue weighted by Crippen LogP contribution is -2.22. The predicted molar refractivity (Wildman–Crippen MR) is 96.4 cm³/mol. The zero-order valence-electron chi connectivity index (χ0n) is 12.9. The van der Waals surface area contributed by atoms with Crippen LogP contribution in [0.4, 0.5) is 5.69 Å². The Hall–Kier alpha value is -3.17. The molecule has 0 atom stereocenters. The number of nitriles is 1. The van der Waals surface area contributed by atoms with Gasteiger partial charge in [-0.05, 0) is 35.4 Å². The largest absolute Gasteiger partial charge is 0.545 e. The van der Waals surface area contributed by atoms with Crippen molar-refractivity contribution in [1.29, 1.82) is 5.26 Å². The van der Waals surface area contributed by atoms with E-state index < -0.39 is 11.9 Å². The van der Waals surface area contributed by atoms with Crippen molar-refractivity contribution in [1.82, 2.24) is 0 Å². The number of nitrogens with one attached hydrogen (secondary N) is 1. The van der Waals surface area contributed by atoms with Crippen molar-refractivity contribution in [2.75, 3.05) is 5.32 Å². The first-order valence-corrected chi connectivity index (χ1v) is 7.95. The molecule has 1 N–H and O–H groups in total. The van der Waals surface area contributed by atoms with Gasteiger partial charge in [-0.25, -0.2) is 0 Å². The third-order valence-electron chi connectivity index (χ3n) is 3.13. The minimum absolute atomic E-state index is 0.00240. The summed E-state index contributed by atoms with van der Waals surface area (Å²) in [5.74, 6) is -1.90. The van der Waals surface area contributed by atoms with Gasteiger partial charge in [-0.2, -0.15) is 5.26 Å². The van der Waals surface area contributed by atoms with E-state index in [-0.39, 0.29) is 11.1 Å². The van der Waals surface area contributed by atoms with Gasteiger partial charge in [0.05, 0.1) is 5.97 Å². The summed E-state index contributed by atoms with van der Waals surface area (Å²) in [5, 5.41) is 22.4. The van der Waals surface area contributed by atoms with Crippen LogP contribution < -0.4 is 10.4 Å². The maximum absolute atomic E-state index is 12.2. The number of halogens is 1. The smallest absolute Gasteiger partial charge is 0.266 e. The molecule has 2 aromatic rings. The molecule has 0 saturated heterocycles. The Labute approximate surface area is 153 Å². The molecule has 2 rings (SSSR count). The summed E-state index contributed by atoms with van der Waals surface area (Å²) in [6, 6.07) is 16.7. The number of carbonyl (C=O) groups is 2. The number of carbonyl (C=O) groups excluding carboxylic acids is 2. The molecule has 0 spiro atoms. The van der Waals surface area contributed by atoms with Gasteiger partial charge in [0, 0.05) is 10.2 Å². The lowest BCUT2D eigenvalue weighted by molar-refractivity contribution is -0.255. The number of nitrogens with zero attached hydrogens (tertiary/aromatic N) is 1. The van der Waals surface area contributed by atoms with Crippen molar-refractivity contribution in [2.45, 2.75) is 0 Å². The molecule has 25 heavy (non-hydrogen) atoms. The molecule has 0 unspecified atom stereocenters. The Morgan fingerprint density at radius 2 is 1.72 bits per heavy atom. The van der Waals surface area contributed by atoms with Crippen LogP contribution in [0.15, 0.2) is 70.7 Å². The van der Waals surface area contributed by atoms with E-state index in [2.05, 4.69) is 21.2 Å². The molecule has 0 heterocycles. The van der Waals surface area contributed by atoms with Crippen LogP contribution in [0, 0.1) is 11.3 Å². The van der Waals surface area contributed by atoms with E-state index in [0.29, 0.717) is 10.2 Å². The van der Waals surface area contributed by atoms with Crippen molar-refractivity contribution in [3.8, 4) is 6.07 Å². The van der Waals surface area contributed by atoms with Crippen LogP contribution in [0.1, 0.15) is 15.9 Å². The minimum Gasteiger partial charge on any atom is -0.545 e. The Morgan fingerprint density at radius 3 is 2.28 bits per heavy atom. The van der Waals surface area contributed by atoms with Gasteiger partial charge in [-0.3, -0.25) is 4.79 Å². The first-order valence-electron chi connectivity index (χ1n) is 7.16. The molecule has 0 aliphatic carbocycles. The average molecular weight is 396 g/mol. The lowest BCUT2D eigenvalue weighted by atomic mass is 10.1. The molecule has 0 fully saturated rings. The summed E-state index contributed by atoms with van der Waals surface area (Å²) in [7, 11) is 0. The highest BCUT2D eigenvalue weighted by Crippen LogP contribution is 2.17. The fourth-order valence-corrected chi connectivity index (χ4v) is 2.42. The van der Waals surface area contributed by atoms with E-state index in [1.165, 1.54) is 30.3 Å². The SMILES string of the molecule is N#C/C(=C\C(Br)=C\c1ccccc1)C(=O)Nc1ccc(C(=O)[O-])cc1. The van der Waals surface area contributed by atoms with Crippen molar-refractivity contribution in [3.05, 3.63) is 81.9 Å². The normalized spacial score (nSPS) is 11.5. The van der Waals surface area contributed by atoms with Crippen molar-refractivity contribution >= 4 is 39.6 Å². The number of amides is 1. The number of allylic oxidation sites excluding steroid dienone is 2. The number of aromatic carboxylic acids is 1. The summed E-state index contributed by atoms with van der Waals surface area (Å²) in [5.41, 5.74) is 1.20. The van der Waals surface area contributed by atoms with E-state index in [4.69, 9.17) is 0 Å². The third kappa shape index (κ3) is 5.44. The van der Waals surface area contributed by atoms with Crippen molar-refractivity contribution < 1.29 is 14.7 Å². The fraction of sp³-hybridized carbons (Fsp3) is 0. The minimum atomic E-state index is -1.30. The van der Waals surface area contributed by atoms with E-state index in [1.54, 1.807) is 6.08 Å². The summed E-state index contributed by atoms with van der Waals surface area (Å²) in [6.45, 7) is 0. The average Bonchev–Trinajstić information content (AvgIpc) is 2.61. The number of hydrogen-bond donors (Lipinski definition) is 1. The molecule has 0 saturated carbocycles. The zero-order chi connectivity index (χ0) is 18.2. The van der Waals surface area contributed by atoms with Gasteiger partial charge in [0.25, 0.3) is 5.91 Å². The summed E-state index contributed by atoms with van der Waals surface area (Å²) in [6.07, 6.45) is 3.19. The number of hydrogen-bond acceptors (Lipinski definition) is 4. The molecule has 1 amide bonds. The Kier molecular flexibility index (Phi) is 6.26. The number of carboxylic acid groups (broad SMARTS) is 1. The van der Waals surface area contributed by atoms with E-state index in [0.717, 1.165) is 5.56 Å². The molecular weight excluding hydrogens is 384 g/mol. The second-order valence-corrected chi connectivity index (χ2v) is 5.84. The molecular formula is C19H12BrN2O3-.